The second-order valence-electron chi connectivity index (χ2n) is 5.13. The van der Waals surface area contributed by atoms with Crippen LogP contribution in [0.4, 0.5) is 0 Å². The molecule has 1 N–H and O–H groups in total. The number of para-hydroxylation sites is 1. The predicted molar refractivity (Wildman–Crippen MR) is 76.5 cm³/mol. The third-order valence-electron chi connectivity index (χ3n) is 3.46. The van der Waals surface area contributed by atoms with Gasteiger partial charge in [0.15, 0.2) is 0 Å². The number of aryl methyl sites for hydroxylation is 1. The first-order valence-electron chi connectivity index (χ1n) is 6.96. The van der Waals surface area contributed by atoms with Gasteiger partial charge in [0.05, 0.1) is 13.2 Å². The Morgan fingerprint density at radius 1 is 1.40 bits per heavy atom. The fourth-order valence-corrected chi connectivity index (χ4v) is 2.32. The Morgan fingerprint density at radius 3 is 2.80 bits per heavy atom. The molecule has 1 aliphatic rings. The van der Waals surface area contributed by atoms with Crippen LogP contribution >= 0.6 is 0 Å². The molecule has 2 rings (SSSR count). The summed E-state index contributed by atoms with van der Waals surface area (Å²) in [7, 11) is 0. The summed E-state index contributed by atoms with van der Waals surface area (Å²) < 4.78 is 5.61. The molecule has 0 radical (unpaired) electrons. The van der Waals surface area contributed by atoms with E-state index in [0.29, 0.717) is 26.3 Å². The minimum Gasteiger partial charge on any atom is -0.491 e. The Labute approximate surface area is 119 Å². The van der Waals surface area contributed by atoms with Gasteiger partial charge in [-0.15, -0.1) is 0 Å². The molecule has 110 valence electrons. The lowest BCUT2D eigenvalue weighted by Crippen LogP contribution is -2.35. The standard InChI is InChI=1S/C15H22N2O3/c1-3-17-11-16(9-15(17)19)8-13(18)10-20-14-7-5-4-6-12(14)2/h4-7,13,18H,3,8-11H2,1-2H3/t13-/m1/s1. The van der Waals surface area contributed by atoms with E-state index in [1.165, 1.54) is 0 Å². The predicted octanol–water partition coefficient (Wildman–Crippen LogP) is 0.856. The maximum Gasteiger partial charge on any atom is 0.237 e. The number of amides is 1. The van der Waals surface area contributed by atoms with Crippen molar-refractivity contribution in [1.82, 2.24) is 9.80 Å². The molecule has 1 amide bonds. The third kappa shape index (κ3) is 3.71. The van der Waals surface area contributed by atoms with E-state index >= 15 is 0 Å². The number of benzene rings is 1. The quantitative estimate of drug-likeness (QED) is 0.838. The lowest BCUT2D eigenvalue weighted by atomic mass is 10.2. The molecule has 1 aliphatic heterocycles. The highest BCUT2D eigenvalue weighted by Gasteiger charge is 2.27. The van der Waals surface area contributed by atoms with Crippen LogP contribution in [0.3, 0.4) is 0 Å². The van der Waals surface area contributed by atoms with Crippen LogP contribution in [0.1, 0.15) is 12.5 Å². The number of hydrogen-bond donors (Lipinski definition) is 1. The number of nitrogens with zero attached hydrogens (tertiary/aromatic N) is 2. The highest BCUT2D eigenvalue weighted by Crippen LogP contribution is 2.16. The fourth-order valence-electron chi connectivity index (χ4n) is 2.32. The SMILES string of the molecule is CCN1CN(C[C@@H](O)COc2ccccc2C)CC1=O. The van der Waals surface area contributed by atoms with E-state index in [1.54, 1.807) is 4.90 Å². The molecule has 5 nitrogen and oxygen atoms in total. The van der Waals surface area contributed by atoms with Crippen LogP contribution in [0.5, 0.6) is 5.75 Å². The van der Waals surface area contributed by atoms with E-state index in [0.717, 1.165) is 11.3 Å². The molecule has 1 aromatic carbocycles. The molecule has 20 heavy (non-hydrogen) atoms. The fraction of sp³-hybridized carbons (Fsp3) is 0.533. The van der Waals surface area contributed by atoms with E-state index in [9.17, 15) is 9.90 Å². The second kappa shape index (κ2) is 6.72. The average molecular weight is 278 g/mol. The summed E-state index contributed by atoms with van der Waals surface area (Å²) in [6, 6.07) is 7.72. The highest BCUT2D eigenvalue weighted by atomic mass is 16.5. The summed E-state index contributed by atoms with van der Waals surface area (Å²) in [5, 5.41) is 10.0. The summed E-state index contributed by atoms with van der Waals surface area (Å²) in [6.45, 7) is 6.31. The summed E-state index contributed by atoms with van der Waals surface area (Å²) in [4.78, 5) is 15.3. The number of carbonyl (C=O) groups excluding carboxylic acids is 1. The minimum atomic E-state index is -0.598. The maximum atomic E-state index is 11.6. The summed E-state index contributed by atoms with van der Waals surface area (Å²) in [5.41, 5.74) is 1.05. The van der Waals surface area contributed by atoms with Crippen molar-refractivity contribution in [2.24, 2.45) is 0 Å². The van der Waals surface area contributed by atoms with Gasteiger partial charge < -0.3 is 14.7 Å². The molecular formula is C15H22N2O3. The molecule has 0 aromatic heterocycles. The number of aliphatic hydroxyl groups excluding tert-OH is 1. The molecule has 0 aliphatic carbocycles. The van der Waals surface area contributed by atoms with E-state index in [-0.39, 0.29) is 12.5 Å². The Hall–Kier alpha value is -1.59. The van der Waals surface area contributed by atoms with E-state index < -0.39 is 6.10 Å². The zero-order valence-corrected chi connectivity index (χ0v) is 12.1. The lowest BCUT2D eigenvalue weighted by Gasteiger charge is -2.20. The molecule has 1 saturated heterocycles. The van der Waals surface area contributed by atoms with Gasteiger partial charge in [0.2, 0.25) is 5.91 Å². The van der Waals surface area contributed by atoms with Gasteiger partial charge in [-0.05, 0) is 25.5 Å². The van der Waals surface area contributed by atoms with Crippen molar-refractivity contribution < 1.29 is 14.6 Å². The van der Waals surface area contributed by atoms with Gasteiger partial charge in [0.1, 0.15) is 18.5 Å². The van der Waals surface area contributed by atoms with Crippen LogP contribution in [0.25, 0.3) is 0 Å². The van der Waals surface area contributed by atoms with E-state index in [4.69, 9.17) is 4.74 Å². The number of likely N-dealkylation sites (N-methyl/N-ethyl adjacent to an activating group) is 1. The molecule has 0 unspecified atom stereocenters. The van der Waals surface area contributed by atoms with Crippen LogP contribution in [-0.2, 0) is 4.79 Å². The molecule has 0 spiro atoms. The average Bonchev–Trinajstić information content (AvgIpc) is 2.77. The van der Waals surface area contributed by atoms with Gasteiger partial charge in [-0.3, -0.25) is 9.69 Å². The van der Waals surface area contributed by atoms with Gasteiger partial charge in [-0.2, -0.15) is 0 Å². The normalized spacial score (nSPS) is 17.6. The maximum absolute atomic E-state index is 11.6. The Kier molecular flexibility index (Phi) is 4.98. The van der Waals surface area contributed by atoms with Gasteiger partial charge in [0.25, 0.3) is 0 Å². The number of ether oxygens (including phenoxy) is 1. The highest BCUT2D eigenvalue weighted by molar-refractivity contribution is 5.79. The summed E-state index contributed by atoms with van der Waals surface area (Å²) in [5.74, 6) is 0.916. The van der Waals surface area contributed by atoms with Crippen molar-refractivity contribution in [3.8, 4) is 5.75 Å². The first-order chi connectivity index (χ1) is 9.60. The molecule has 1 atom stereocenters. The van der Waals surface area contributed by atoms with Crippen molar-refractivity contribution >= 4 is 5.91 Å². The molecule has 0 bridgehead atoms. The summed E-state index contributed by atoms with van der Waals surface area (Å²) >= 11 is 0. The van der Waals surface area contributed by atoms with Gasteiger partial charge >= 0.3 is 0 Å². The van der Waals surface area contributed by atoms with Crippen LogP contribution < -0.4 is 4.74 Å². The molecule has 1 aromatic rings. The lowest BCUT2D eigenvalue weighted by molar-refractivity contribution is -0.126. The number of hydrogen-bond acceptors (Lipinski definition) is 4. The zero-order chi connectivity index (χ0) is 14.5. The largest absolute Gasteiger partial charge is 0.491 e. The topological polar surface area (TPSA) is 53.0 Å². The molecule has 5 heteroatoms. The van der Waals surface area contributed by atoms with Crippen LogP contribution in [0.2, 0.25) is 0 Å². The second-order valence-corrected chi connectivity index (χ2v) is 5.13. The van der Waals surface area contributed by atoms with Crippen LogP contribution in [-0.4, -0.2) is 59.8 Å². The Morgan fingerprint density at radius 2 is 2.15 bits per heavy atom. The van der Waals surface area contributed by atoms with Crippen molar-refractivity contribution in [3.05, 3.63) is 29.8 Å². The van der Waals surface area contributed by atoms with Crippen molar-refractivity contribution in [2.75, 3.05) is 32.9 Å². The number of carbonyl (C=O) groups is 1. The molecular weight excluding hydrogens is 256 g/mol. The smallest absolute Gasteiger partial charge is 0.237 e. The molecule has 1 fully saturated rings. The number of aliphatic hydroxyl groups is 1. The van der Waals surface area contributed by atoms with Crippen molar-refractivity contribution in [3.63, 3.8) is 0 Å². The monoisotopic (exact) mass is 278 g/mol. The van der Waals surface area contributed by atoms with E-state index in [2.05, 4.69) is 0 Å². The van der Waals surface area contributed by atoms with Crippen LogP contribution in [0, 0.1) is 6.92 Å². The minimum absolute atomic E-state index is 0.125. The van der Waals surface area contributed by atoms with Crippen molar-refractivity contribution in [2.45, 2.75) is 20.0 Å². The van der Waals surface area contributed by atoms with Crippen molar-refractivity contribution in [1.29, 1.82) is 0 Å². The van der Waals surface area contributed by atoms with Gasteiger partial charge in [-0.25, -0.2) is 0 Å². The Balaban J connectivity index is 1.78. The first kappa shape index (κ1) is 14.8. The van der Waals surface area contributed by atoms with Gasteiger partial charge in [0, 0.05) is 13.1 Å². The number of β-amino-alcohol motifs (C(OH)–C–C–N with tert-alkyl or cyclic N) is 1. The molecule has 1 heterocycles. The first-order valence-corrected chi connectivity index (χ1v) is 6.96. The molecule has 0 saturated carbocycles. The third-order valence-corrected chi connectivity index (χ3v) is 3.46. The number of rotatable bonds is 6. The van der Waals surface area contributed by atoms with Gasteiger partial charge in [-0.1, -0.05) is 18.2 Å². The zero-order valence-electron chi connectivity index (χ0n) is 12.1. The summed E-state index contributed by atoms with van der Waals surface area (Å²) in [6.07, 6.45) is -0.598. The van der Waals surface area contributed by atoms with E-state index in [1.807, 2.05) is 43.0 Å². The van der Waals surface area contributed by atoms with Crippen LogP contribution in [0.15, 0.2) is 24.3 Å². The Bertz CT molecular complexity index is 464.